The van der Waals surface area contributed by atoms with Gasteiger partial charge >= 0.3 is 5.97 Å². The summed E-state index contributed by atoms with van der Waals surface area (Å²) in [7, 11) is 0. The summed E-state index contributed by atoms with van der Waals surface area (Å²) >= 11 is 1.72. The van der Waals surface area contributed by atoms with E-state index < -0.39 is 10.9 Å². The minimum atomic E-state index is -1.18. The van der Waals surface area contributed by atoms with E-state index in [4.69, 9.17) is 5.11 Å². The van der Waals surface area contributed by atoms with Crippen LogP contribution >= 0.6 is 11.8 Å². The molecular weight excluding hydrogens is 316 g/mol. The number of aromatic carboxylic acids is 1. The number of carboxylic acid groups (broad SMARTS) is 1. The third-order valence-electron chi connectivity index (χ3n) is 3.11. The van der Waals surface area contributed by atoms with Gasteiger partial charge in [-0.2, -0.15) is 11.8 Å². The van der Waals surface area contributed by atoms with E-state index in [0.29, 0.717) is 12.2 Å². The molecule has 0 spiro atoms. The van der Waals surface area contributed by atoms with Crippen LogP contribution in [-0.2, 0) is 5.75 Å². The van der Waals surface area contributed by atoms with Crippen LogP contribution in [0.2, 0.25) is 0 Å². The van der Waals surface area contributed by atoms with E-state index in [-0.39, 0.29) is 11.3 Å². The summed E-state index contributed by atoms with van der Waals surface area (Å²) in [5.41, 5.74) is 1.24. The molecule has 2 aromatic rings. The van der Waals surface area contributed by atoms with Crippen molar-refractivity contribution in [2.75, 3.05) is 17.6 Å². The summed E-state index contributed by atoms with van der Waals surface area (Å²) in [4.78, 5) is 21.3. The average Bonchev–Trinajstić information content (AvgIpc) is 2.55. The van der Waals surface area contributed by atoms with Crippen molar-refractivity contribution in [2.24, 2.45) is 0 Å². The molecule has 0 heterocycles. The number of anilines is 1. The smallest absolute Gasteiger partial charge is 0.335 e. The van der Waals surface area contributed by atoms with Gasteiger partial charge in [-0.3, -0.25) is 10.1 Å². The first-order valence-electron chi connectivity index (χ1n) is 6.95. The van der Waals surface area contributed by atoms with Gasteiger partial charge in [-0.25, -0.2) is 4.79 Å². The molecular formula is C16H16N2O4S. The predicted molar refractivity (Wildman–Crippen MR) is 91.1 cm³/mol. The molecule has 0 fully saturated rings. The number of nitro groups is 1. The Morgan fingerprint density at radius 2 is 1.96 bits per heavy atom. The first kappa shape index (κ1) is 16.8. The molecule has 0 atom stereocenters. The van der Waals surface area contributed by atoms with Crippen LogP contribution in [0.1, 0.15) is 15.9 Å². The number of benzene rings is 2. The van der Waals surface area contributed by atoms with Crippen molar-refractivity contribution >= 4 is 29.1 Å². The number of hydrogen-bond donors (Lipinski definition) is 2. The van der Waals surface area contributed by atoms with E-state index in [1.807, 2.05) is 18.2 Å². The van der Waals surface area contributed by atoms with Crippen LogP contribution in [0, 0.1) is 10.1 Å². The number of hydrogen-bond acceptors (Lipinski definition) is 5. The summed E-state index contributed by atoms with van der Waals surface area (Å²) in [5, 5.41) is 22.9. The van der Waals surface area contributed by atoms with E-state index in [1.54, 1.807) is 11.8 Å². The molecule has 2 N–H and O–H groups in total. The van der Waals surface area contributed by atoms with Gasteiger partial charge < -0.3 is 10.4 Å². The van der Waals surface area contributed by atoms with Gasteiger partial charge in [0, 0.05) is 24.1 Å². The quantitative estimate of drug-likeness (QED) is 0.435. The van der Waals surface area contributed by atoms with Crippen molar-refractivity contribution in [3.8, 4) is 0 Å². The number of nitrogens with one attached hydrogen (secondary N) is 1. The molecule has 0 aromatic heterocycles. The fraction of sp³-hybridized carbons (Fsp3) is 0.188. The highest BCUT2D eigenvalue weighted by atomic mass is 32.2. The van der Waals surface area contributed by atoms with Gasteiger partial charge in [0.15, 0.2) is 0 Å². The Morgan fingerprint density at radius 3 is 2.61 bits per heavy atom. The third-order valence-corrected chi connectivity index (χ3v) is 4.15. The average molecular weight is 332 g/mol. The van der Waals surface area contributed by atoms with Crippen molar-refractivity contribution in [1.82, 2.24) is 0 Å². The van der Waals surface area contributed by atoms with Crippen LogP contribution in [0.15, 0.2) is 48.5 Å². The van der Waals surface area contributed by atoms with Crippen molar-refractivity contribution in [3.63, 3.8) is 0 Å². The zero-order chi connectivity index (χ0) is 16.7. The van der Waals surface area contributed by atoms with E-state index in [0.717, 1.165) is 17.6 Å². The molecule has 0 saturated heterocycles. The number of rotatable bonds is 8. The molecule has 0 aliphatic rings. The molecule has 6 nitrogen and oxygen atoms in total. The zero-order valence-corrected chi connectivity index (χ0v) is 13.1. The maximum absolute atomic E-state index is 11.0. The van der Waals surface area contributed by atoms with E-state index in [9.17, 15) is 14.9 Å². The van der Waals surface area contributed by atoms with E-state index in [2.05, 4.69) is 17.4 Å². The number of nitrogens with zero attached hydrogens (tertiary/aromatic N) is 1. The molecule has 2 rings (SSSR count). The SMILES string of the molecule is O=C(O)c1ccc(NCCSCc2ccccc2)c([N+](=O)[O-])c1. The lowest BCUT2D eigenvalue weighted by molar-refractivity contribution is -0.384. The highest BCUT2D eigenvalue weighted by molar-refractivity contribution is 7.98. The standard InChI is InChI=1S/C16H16N2O4S/c19-16(20)13-6-7-14(15(10-13)18(21)22)17-8-9-23-11-12-4-2-1-3-5-12/h1-7,10,17H,8-9,11H2,(H,19,20). The Kier molecular flexibility index (Phi) is 5.99. The second-order valence-corrected chi connectivity index (χ2v) is 5.86. The Balaban J connectivity index is 1.87. The fourth-order valence-corrected chi connectivity index (χ4v) is 2.81. The number of carbonyl (C=O) groups is 1. The van der Waals surface area contributed by atoms with Gasteiger partial charge in [0.25, 0.3) is 5.69 Å². The first-order valence-corrected chi connectivity index (χ1v) is 8.10. The van der Waals surface area contributed by atoms with Crippen molar-refractivity contribution in [1.29, 1.82) is 0 Å². The normalized spacial score (nSPS) is 10.3. The van der Waals surface area contributed by atoms with Gasteiger partial charge in [-0.05, 0) is 17.7 Å². The van der Waals surface area contributed by atoms with Gasteiger partial charge in [0.05, 0.1) is 10.5 Å². The Hall–Kier alpha value is -2.54. The van der Waals surface area contributed by atoms with Crippen molar-refractivity contribution < 1.29 is 14.8 Å². The maximum atomic E-state index is 11.0. The van der Waals surface area contributed by atoms with Crippen molar-refractivity contribution in [3.05, 3.63) is 69.8 Å². The molecule has 0 bridgehead atoms. The summed E-state index contributed by atoms with van der Waals surface area (Å²) in [6.45, 7) is 0.560. The minimum absolute atomic E-state index is 0.0966. The summed E-state index contributed by atoms with van der Waals surface area (Å²) in [6, 6.07) is 13.9. The minimum Gasteiger partial charge on any atom is -0.478 e. The van der Waals surface area contributed by atoms with Gasteiger partial charge in [-0.15, -0.1) is 0 Å². The number of nitro benzene ring substituents is 1. The topological polar surface area (TPSA) is 92.5 Å². The lowest BCUT2D eigenvalue weighted by atomic mass is 10.1. The molecule has 0 aliphatic carbocycles. The van der Waals surface area contributed by atoms with E-state index in [1.165, 1.54) is 17.7 Å². The molecule has 0 unspecified atom stereocenters. The number of thioether (sulfide) groups is 1. The van der Waals surface area contributed by atoms with Gasteiger partial charge in [0.1, 0.15) is 5.69 Å². The molecule has 0 amide bonds. The Morgan fingerprint density at radius 1 is 1.22 bits per heavy atom. The second kappa shape index (κ2) is 8.19. The van der Waals surface area contributed by atoms with Crippen LogP contribution in [0.4, 0.5) is 11.4 Å². The van der Waals surface area contributed by atoms with Crippen LogP contribution in [0.5, 0.6) is 0 Å². The Labute approximate surface area is 137 Å². The maximum Gasteiger partial charge on any atom is 0.335 e. The van der Waals surface area contributed by atoms with Crippen LogP contribution in [0.25, 0.3) is 0 Å². The highest BCUT2D eigenvalue weighted by Crippen LogP contribution is 2.25. The van der Waals surface area contributed by atoms with Gasteiger partial charge in [0.2, 0.25) is 0 Å². The lowest BCUT2D eigenvalue weighted by Crippen LogP contribution is -2.07. The monoisotopic (exact) mass is 332 g/mol. The third kappa shape index (κ3) is 5.00. The van der Waals surface area contributed by atoms with Crippen LogP contribution in [0.3, 0.4) is 0 Å². The summed E-state index contributed by atoms with van der Waals surface area (Å²) < 4.78 is 0. The highest BCUT2D eigenvalue weighted by Gasteiger charge is 2.16. The molecule has 7 heteroatoms. The summed E-state index contributed by atoms with van der Waals surface area (Å²) in [6.07, 6.45) is 0. The second-order valence-electron chi connectivity index (χ2n) is 4.76. The summed E-state index contributed by atoms with van der Waals surface area (Å²) in [5.74, 6) is 0.480. The van der Waals surface area contributed by atoms with E-state index >= 15 is 0 Å². The molecule has 2 aromatic carbocycles. The number of carboxylic acids is 1. The molecule has 23 heavy (non-hydrogen) atoms. The van der Waals surface area contributed by atoms with Crippen LogP contribution in [-0.4, -0.2) is 28.3 Å². The molecule has 0 saturated carbocycles. The van der Waals surface area contributed by atoms with Gasteiger partial charge in [-0.1, -0.05) is 30.3 Å². The van der Waals surface area contributed by atoms with Crippen LogP contribution < -0.4 is 5.32 Å². The predicted octanol–water partition coefficient (Wildman–Crippen LogP) is 3.64. The largest absolute Gasteiger partial charge is 0.478 e. The fourth-order valence-electron chi connectivity index (χ4n) is 1.99. The zero-order valence-electron chi connectivity index (χ0n) is 12.3. The molecule has 120 valence electrons. The molecule has 0 radical (unpaired) electrons. The molecule has 0 aliphatic heterocycles. The Bertz CT molecular complexity index is 692. The lowest BCUT2D eigenvalue weighted by Gasteiger charge is -2.08. The first-order chi connectivity index (χ1) is 11.1. The van der Waals surface area contributed by atoms with Crippen molar-refractivity contribution in [2.45, 2.75) is 5.75 Å².